The van der Waals surface area contributed by atoms with Crippen LogP contribution in [0.5, 0.6) is 0 Å². The molecule has 0 aromatic carbocycles. The van der Waals surface area contributed by atoms with Gasteiger partial charge in [-0.3, -0.25) is 0 Å². The van der Waals surface area contributed by atoms with Crippen molar-refractivity contribution in [3.63, 3.8) is 0 Å². The van der Waals surface area contributed by atoms with Crippen LogP contribution in [0.4, 0.5) is 0 Å². The number of carboxylic acids is 2. The van der Waals surface area contributed by atoms with Crippen molar-refractivity contribution in [3.8, 4) is 0 Å². The van der Waals surface area contributed by atoms with Gasteiger partial charge in [-0.25, -0.2) is 0 Å². The van der Waals surface area contributed by atoms with E-state index in [1.54, 1.807) is 0 Å². The van der Waals surface area contributed by atoms with E-state index in [1.165, 1.54) is 0 Å². The van der Waals surface area contributed by atoms with E-state index in [1.807, 2.05) is 0 Å². The Morgan fingerprint density at radius 3 is 1.10 bits per heavy atom. The predicted molar refractivity (Wildman–Crippen MR) is 35.1 cm³/mol. The number of aliphatic carboxylic acids is 2. The Balaban J connectivity index is -0.0000000112. The van der Waals surface area contributed by atoms with Gasteiger partial charge in [-0.1, -0.05) is 0 Å². The summed E-state index contributed by atoms with van der Waals surface area (Å²) in [6, 6.07) is 0. The first-order chi connectivity index (χ1) is 3.46. The SMILES string of the molecule is CC(=O)[O-].CC(=O)[O-].[Ca+2].[H-].[H-].[Pb+2]. The van der Waals surface area contributed by atoms with Crippen LogP contribution in [0, 0.1) is 0 Å². The van der Waals surface area contributed by atoms with Gasteiger partial charge < -0.3 is 22.7 Å². The van der Waals surface area contributed by atoms with Gasteiger partial charge in [0.05, 0.1) is 0 Å². The van der Waals surface area contributed by atoms with Crippen molar-refractivity contribution in [1.29, 1.82) is 0 Å². The first-order valence-electron chi connectivity index (χ1n) is 1.82. The summed E-state index contributed by atoms with van der Waals surface area (Å²) in [7, 11) is 0. The third kappa shape index (κ3) is 478. The quantitative estimate of drug-likeness (QED) is 0.427. The molecule has 6 heteroatoms. The number of carboxylic acid groups (broad SMARTS) is 2. The molecule has 2 radical (unpaired) electrons. The zero-order valence-electron chi connectivity index (χ0n) is 7.84. The van der Waals surface area contributed by atoms with E-state index >= 15 is 0 Å². The standard InChI is InChI=1S/2C2H4O2.Ca.Pb.2H/c2*1-2(3)4;;;;/h2*1H3,(H,3,4);;;;/q;;2*+2;2*-1/p-2. The Hall–Kier alpha value is 1.12. The summed E-state index contributed by atoms with van der Waals surface area (Å²) in [4.78, 5) is 17.8. The molecule has 0 fully saturated rings. The molecule has 0 amide bonds. The number of carbonyl (C=O) groups excluding carboxylic acids is 2. The molecule has 0 saturated carbocycles. The Bertz CT molecular complexity index is 83.1. The second-order valence-electron chi connectivity index (χ2n) is 0.983. The molecule has 0 saturated heterocycles. The summed E-state index contributed by atoms with van der Waals surface area (Å²) < 4.78 is 0. The number of hydrogen-bond acceptors (Lipinski definition) is 4. The molecular weight excluding hydrogens is 359 g/mol. The molecule has 0 atom stereocenters. The van der Waals surface area contributed by atoms with Gasteiger partial charge in [0.1, 0.15) is 0 Å². The molecule has 0 spiro atoms. The second kappa shape index (κ2) is 16.6. The summed E-state index contributed by atoms with van der Waals surface area (Å²) in [5.74, 6) is -2.17. The monoisotopic (exact) mass is 368 g/mol. The van der Waals surface area contributed by atoms with Gasteiger partial charge in [0.2, 0.25) is 0 Å². The molecule has 0 aliphatic heterocycles. The van der Waals surface area contributed by atoms with E-state index < -0.39 is 11.9 Å². The van der Waals surface area contributed by atoms with Gasteiger partial charge in [-0.05, 0) is 13.8 Å². The van der Waals surface area contributed by atoms with E-state index in [0.29, 0.717) is 0 Å². The van der Waals surface area contributed by atoms with Crippen LogP contribution < -0.4 is 10.2 Å². The third-order valence-corrected chi connectivity index (χ3v) is 0. The maximum absolute atomic E-state index is 8.89. The van der Waals surface area contributed by atoms with Gasteiger partial charge in [0.15, 0.2) is 0 Å². The number of rotatable bonds is 0. The number of carbonyl (C=O) groups is 2. The number of hydrogen-bond donors (Lipinski definition) is 0. The molecule has 0 aromatic rings. The van der Waals surface area contributed by atoms with Crippen LogP contribution in [0.25, 0.3) is 0 Å². The van der Waals surface area contributed by atoms with Gasteiger partial charge in [0, 0.05) is 11.9 Å². The minimum atomic E-state index is -1.08. The van der Waals surface area contributed by atoms with Crippen molar-refractivity contribution >= 4 is 77.0 Å². The van der Waals surface area contributed by atoms with E-state index in [0.717, 1.165) is 13.8 Å². The average Bonchev–Trinajstić information content (AvgIpc) is 1.25. The molecule has 0 aromatic heterocycles. The van der Waals surface area contributed by atoms with E-state index in [-0.39, 0.29) is 67.9 Å². The van der Waals surface area contributed by atoms with Gasteiger partial charge in [0.25, 0.3) is 0 Å². The van der Waals surface area contributed by atoms with Crippen LogP contribution >= 0.6 is 0 Å². The molecule has 4 nitrogen and oxygen atoms in total. The van der Waals surface area contributed by atoms with Crippen molar-refractivity contribution in [2.24, 2.45) is 0 Å². The molecule has 0 aliphatic rings. The molecule has 0 aliphatic carbocycles. The summed E-state index contributed by atoms with van der Waals surface area (Å²) in [5.41, 5.74) is 0. The fraction of sp³-hybridized carbons (Fsp3) is 0.500. The van der Waals surface area contributed by atoms with Gasteiger partial charge in [-0.15, -0.1) is 0 Å². The fourth-order valence-electron chi connectivity index (χ4n) is 0. The normalized spacial score (nSPS) is 5.00. The third-order valence-electron chi connectivity index (χ3n) is 0. The zero-order chi connectivity index (χ0) is 7.15. The van der Waals surface area contributed by atoms with E-state index in [4.69, 9.17) is 19.8 Å². The Labute approximate surface area is 112 Å². The fourth-order valence-corrected chi connectivity index (χ4v) is 0. The molecule has 54 valence electrons. The van der Waals surface area contributed by atoms with Crippen LogP contribution in [0.1, 0.15) is 16.7 Å². The Morgan fingerprint density at radius 2 is 1.10 bits per heavy atom. The average molecular weight is 367 g/mol. The van der Waals surface area contributed by atoms with Crippen molar-refractivity contribution < 1.29 is 22.7 Å². The van der Waals surface area contributed by atoms with Crippen LogP contribution in [0.2, 0.25) is 0 Å². The first kappa shape index (κ1) is 22.5. The largest absolute Gasteiger partial charge is 2.00 e. The molecular formula is C4H8CaO4Pb. The summed E-state index contributed by atoms with van der Waals surface area (Å²) >= 11 is 0. The first-order valence-corrected chi connectivity index (χ1v) is 1.82. The predicted octanol–water partition coefficient (Wildman–Crippen LogP) is -3.02. The summed E-state index contributed by atoms with van der Waals surface area (Å²) in [5, 5.41) is 17.8. The maximum atomic E-state index is 8.89. The molecule has 0 rings (SSSR count). The van der Waals surface area contributed by atoms with Crippen molar-refractivity contribution in [3.05, 3.63) is 0 Å². The topological polar surface area (TPSA) is 80.3 Å². The second-order valence-corrected chi connectivity index (χ2v) is 0.983. The zero-order valence-corrected chi connectivity index (χ0v) is 11.9. The molecule has 10 heavy (non-hydrogen) atoms. The maximum Gasteiger partial charge on any atom is 2.00 e. The summed E-state index contributed by atoms with van der Waals surface area (Å²) in [6.45, 7) is 1.94. The van der Waals surface area contributed by atoms with Crippen molar-refractivity contribution in [2.75, 3.05) is 0 Å². The minimum Gasteiger partial charge on any atom is -1.00 e. The molecule has 0 heterocycles. The summed E-state index contributed by atoms with van der Waals surface area (Å²) in [6.07, 6.45) is 0. The minimum absolute atomic E-state index is 0. The Kier molecular flexibility index (Phi) is 37.3. The van der Waals surface area contributed by atoms with Gasteiger partial charge in [-0.2, -0.15) is 0 Å². The van der Waals surface area contributed by atoms with E-state index in [2.05, 4.69) is 0 Å². The van der Waals surface area contributed by atoms with Crippen LogP contribution in [0.15, 0.2) is 0 Å². The van der Waals surface area contributed by atoms with Crippen LogP contribution in [0.3, 0.4) is 0 Å². The molecule has 0 N–H and O–H groups in total. The van der Waals surface area contributed by atoms with Crippen LogP contribution in [-0.2, 0) is 9.59 Å². The molecule has 0 unspecified atom stereocenters. The van der Waals surface area contributed by atoms with Crippen molar-refractivity contribution in [1.82, 2.24) is 0 Å². The van der Waals surface area contributed by atoms with E-state index in [9.17, 15) is 0 Å². The van der Waals surface area contributed by atoms with Gasteiger partial charge >= 0.3 is 65.0 Å². The smallest absolute Gasteiger partial charge is 1.00 e. The molecule has 0 bridgehead atoms. The van der Waals surface area contributed by atoms with Crippen molar-refractivity contribution in [2.45, 2.75) is 13.8 Å². The Morgan fingerprint density at radius 1 is 1.10 bits per heavy atom. The van der Waals surface area contributed by atoms with Crippen LogP contribution in [-0.4, -0.2) is 77.0 Å².